The first-order chi connectivity index (χ1) is 15.4. The first kappa shape index (κ1) is 20.4. The molecule has 9 heteroatoms. The van der Waals surface area contributed by atoms with Gasteiger partial charge < -0.3 is 9.80 Å². The molecule has 1 saturated heterocycles. The standard InChI is InChI=1S/C23H23F2N5O2/c1-27-8-5-9-28(11-10-27)23(32)29-14-17-21(16-12-18(24)19(25)13-20(16)29)26-30(22(17)31)15-6-3-2-4-7-15/h2-4,6-7,12-13,26H,5,8-11,14H2,1H3. The molecule has 1 N–H and O–H groups in total. The molecule has 7 nitrogen and oxygen atoms in total. The zero-order chi connectivity index (χ0) is 22.4. The molecule has 0 bridgehead atoms. The van der Waals surface area contributed by atoms with Gasteiger partial charge in [-0.25, -0.2) is 18.3 Å². The first-order valence-electron chi connectivity index (χ1n) is 10.6. The van der Waals surface area contributed by atoms with Gasteiger partial charge in [-0.05, 0) is 38.2 Å². The molecule has 0 aliphatic carbocycles. The Bertz CT molecular complexity index is 1240. The zero-order valence-electron chi connectivity index (χ0n) is 17.6. The second kappa shape index (κ2) is 7.90. The number of anilines is 1. The molecule has 166 valence electrons. The SMILES string of the molecule is CN1CCCN(C(=O)N2Cc3c([nH]n(-c4ccccc4)c3=O)-c3cc(F)c(F)cc32)CC1. The maximum absolute atomic E-state index is 14.2. The molecule has 2 aliphatic rings. The van der Waals surface area contributed by atoms with E-state index >= 15 is 0 Å². The third-order valence-corrected chi connectivity index (χ3v) is 6.14. The van der Waals surface area contributed by atoms with Gasteiger partial charge in [-0.1, -0.05) is 18.2 Å². The van der Waals surface area contributed by atoms with Crippen LogP contribution in [0.4, 0.5) is 19.3 Å². The molecule has 2 aromatic carbocycles. The van der Waals surface area contributed by atoms with Gasteiger partial charge in [0.25, 0.3) is 5.56 Å². The number of nitrogens with one attached hydrogen (secondary N) is 1. The van der Waals surface area contributed by atoms with Crippen molar-refractivity contribution in [2.24, 2.45) is 0 Å². The Morgan fingerprint density at radius 3 is 2.53 bits per heavy atom. The van der Waals surface area contributed by atoms with Gasteiger partial charge in [0.15, 0.2) is 11.6 Å². The number of carbonyl (C=O) groups excluding carboxylic acids is 1. The molecule has 2 aliphatic heterocycles. The number of carbonyl (C=O) groups is 1. The molecule has 3 heterocycles. The number of nitrogens with zero attached hydrogens (tertiary/aromatic N) is 4. The van der Waals surface area contributed by atoms with Crippen molar-refractivity contribution >= 4 is 11.7 Å². The number of H-pyrrole nitrogens is 1. The quantitative estimate of drug-likeness (QED) is 0.634. The monoisotopic (exact) mass is 439 g/mol. The number of para-hydroxylation sites is 1. The van der Waals surface area contributed by atoms with Crippen molar-refractivity contribution in [1.29, 1.82) is 0 Å². The lowest BCUT2D eigenvalue weighted by Crippen LogP contribution is -2.46. The molecule has 0 atom stereocenters. The third-order valence-electron chi connectivity index (χ3n) is 6.14. The van der Waals surface area contributed by atoms with E-state index in [2.05, 4.69) is 10.00 Å². The predicted octanol–water partition coefficient (Wildman–Crippen LogP) is 3.19. The van der Waals surface area contributed by atoms with Crippen LogP contribution in [0.3, 0.4) is 0 Å². The van der Waals surface area contributed by atoms with Crippen LogP contribution in [-0.4, -0.2) is 58.8 Å². The fourth-order valence-corrected chi connectivity index (χ4v) is 4.38. The first-order valence-corrected chi connectivity index (χ1v) is 10.6. The molecule has 0 unspecified atom stereocenters. The summed E-state index contributed by atoms with van der Waals surface area (Å²) in [5, 5.41) is 3.03. The third kappa shape index (κ3) is 3.38. The van der Waals surface area contributed by atoms with E-state index in [1.54, 1.807) is 29.2 Å². The minimum Gasteiger partial charge on any atom is -0.323 e. The topological polar surface area (TPSA) is 64.6 Å². The Balaban J connectivity index is 1.61. The fourth-order valence-electron chi connectivity index (χ4n) is 4.38. The summed E-state index contributed by atoms with van der Waals surface area (Å²) in [5.41, 5.74) is 1.57. The largest absolute Gasteiger partial charge is 0.324 e. The van der Waals surface area contributed by atoms with Crippen molar-refractivity contribution < 1.29 is 13.6 Å². The van der Waals surface area contributed by atoms with E-state index in [0.29, 0.717) is 30.0 Å². The highest BCUT2D eigenvalue weighted by Gasteiger charge is 2.34. The van der Waals surface area contributed by atoms with Crippen LogP contribution in [0.15, 0.2) is 47.3 Å². The van der Waals surface area contributed by atoms with Crippen molar-refractivity contribution in [3.63, 3.8) is 0 Å². The van der Waals surface area contributed by atoms with Crippen molar-refractivity contribution in [3.8, 4) is 16.9 Å². The molecule has 2 amide bonds. The highest BCUT2D eigenvalue weighted by Crippen LogP contribution is 2.39. The molecule has 32 heavy (non-hydrogen) atoms. The van der Waals surface area contributed by atoms with Gasteiger partial charge in [0.2, 0.25) is 0 Å². The number of hydrogen-bond donors (Lipinski definition) is 1. The van der Waals surface area contributed by atoms with Gasteiger partial charge in [0.1, 0.15) is 0 Å². The Morgan fingerprint density at radius 2 is 1.75 bits per heavy atom. The van der Waals surface area contributed by atoms with Gasteiger partial charge in [-0.2, -0.15) is 0 Å². The van der Waals surface area contributed by atoms with Gasteiger partial charge >= 0.3 is 6.03 Å². The summed E-state index contributed by atoms with van der Waals surface area (Å²) in [4.78, 5) is 31.9. The van der Waals surface area contributed by atoms with E-state index in [4.69, 9.17) is 0 Å². The number of fused-ring (bicyclic) bond motifs is 3. The molecule has 0 saturated carbocycles. The summed E-state index contributed by atoms with van der Waals surface area (Å²) in [5.74, 6) is -2.07. The summed E-state index contributed by atoms with van der Waals surface area (Å²) in [6.07, 6.45) is 0.816. The van der Waals surface area contributed by atoms with E-state index in [9.17, 15) is 18.4 Å². The van der Waals surface area contributed by atoms with Crippen LogP contribution in [0.5, 0.6) is 0 Å². The highest BCUT2D eigenvalue weighted by atomic mass is 19.2. The minimum atomic E-state index is -1.04. The molecular formula is C23H23F2N5O2. The number of rotatable bonds is 1. The van der Waals surface area contributed by atoms with Crippen molar-refractivity contribution in [2.75, 3.05) is 38.1 Å². The van der Waals surface area contributed by atoms with Crippen LogP contribution < -0.4 is 10.5 Å². The van der Waals surface area contributed by atoms with E-state index in [0.717, 1.165) is 31.6 Å². The Labute approximate surface area is 183 Å². The van der Waals surface area contributed by atoms with Gasteiger partial charge in [0, 0.05) is 31.3 Å². The smallest absolute Gasteiger partial charge is 0.323 e. The lowest BCUT2D eigenvalue weighted by atomic mass is 9.99. The maximum Gasteiger partial charge on any atom is 0.324 e. The average molecular weight is 439 g/mol. The number of halogens is 2. The number of likely N-dealkylation sites (N-methyl/N-ethyl adjacent to an activating group) is 1. The van der Waals surface area contributed by atoms with E-state index in [-0.39, 0.29) is 29.4 Å². The lowest BCUT2D eigenvalue weighted by Gasteiger charge is -2.33. The molecule has 0 radical (unpaired) electrons. The van der Waals surface area contributed by atoms with E-state index in [1.165, 1.54) is 9.58 Å². The van der Waals surface area contributed by atoms with Crippen LogP contribution in [0.2, 0.25) is 0 Å². The highest BCUT2D eigenvalue weighted by molar-refractivity contribution is 5.98. The molecule has 1 aromatic heterocycles. The zero-order valence-corrected chi connectivity index (χ0v) is 17.6. The molecule has 1 fully saturated rings. The molecular weight excluding hydrogens is 416 g/mol. The number of urea groups is 1. The van der Waals surface area contributed by atoms with Crippen LogP contribution >= 0.6 is 0 Å². The van der Waals surface area contributed by atoms with Crippen LogP contribution in [0.25, 0.3) is 16.9 Å². The minimum absolute atomic E-state index is 0.0201. The summed E-state index contributed by atoms with van der Waals surface area (Å²) in [7, 11) is 2.00. The molecule has 0 spiro atoms. The maximum atomic E-state index is 14.2. The Hall–Kier alpha value is -3.46. The predicted molar refractivity (Wildman–Crippen MR) is 117 cm³/mol. The second-order valence-corrected chi connectivity index (χ2v) is 8.24. The Morgan fingerprint density at radius 1 is 1.00 bits per heavy atom. The average Bonchev–Trinajstić information content (AvgIpc) is 2.97. The normalized spacial score (nSPS) is 16.5. The summed E-state index contributed by atoms with van der Waals surface area (Å²) < 4.78 is 29.8. The van der Waals surface area contributed by atoms with E-state index in [1.807, 2.05) is 13.1 Å². The van der Waals surface area contributed by atoms with Crippen LogP contribution in [-0.2, 0) is 6.54 Å². The van der Waals surface area contributed by atoms with Gasteiger partial charge in [0.05, 0.1) is 29.2 Å². The summed E-state index contributed by atoms with van der Waals surface area (Å²) in [6, 6.07) is 10.7. The number of aromatic nitrogens is 2. The van der Waals surface area contributed by atoms with Crippen LogP contribution in [0.1, 0.15) is 12.0 Å². The van der Waals surface area contributed by atoms with Crippen molar-refractivity contribution in [1.82, 2.24) is 19.6 Å². The van der Waals surface area contributed by atoms with Gasteiger partial charge in [-0.3, -0.25) is 14.8 Å². The Kier molecular flexibility index (Phi) is 5.05. The number of benzene rings is 2. The molecule has 3 aromatic rings. The van der Waals surface area contributed by atoms with Crippen molar-refractivity contribution in [3.05, 3.63) is 70.0 Å². The second-order valence-electron chi connectivity index (χ2n) is 8.24. The van der Waals surface area contributed by atoms with Crippen molar-refractivity contribution in [2.45, 2.75) is 13.0 Å². The number of aromatic amines is 1. The fraction of sp³-hybridized carbons (Fsp3) is 0.304. The van der Waals surface area contributed by atoms with Gasteiger partial charge in [-0.15, -0.1) is 0 Å². The summed E-state index contributed by atoms with van der Waals surface area (Å²) in [6.45, 7) is 2.67. The summed E-state index contributed by atoms with van der Waals surface area (Å²) >= 11 is 0. The molecule has 5 rings (SSSR count). The number of hydrogen-bond acceptors (Lipinski definition) is 3. The van der Waals surface area contributed by atoms with E-state index < -0.39 is 11.6 Å². The van der Waals surface area contributed by atoms with Crippen LogP contribution in [0, 0.1) is 11.6 Å². The number of amides is 2. The lowest BCUT2D eigenvalue weighted by molar-refractivity contribution is 0.205.